The van der Waals surface area contributed by atoms with E-state index in [1.165, 1.54) is 26.2 Å². The van der Waals surface area contributed by atoms with E-state index in [9.17, 15) is 14.4 Å². The Hall–Kier alpha value is -3.06. The summed E-state index contributed by atoms with van der Waals surface area (Å²) in [6.45, 7) is 1.26. The maximum Gasteiger partial charge on any atom is 0.308 e. The van der Waals surface area contributed by atoms with Crippen molar-refractivity contribution in [3.05, 3.63) is 58.6 Å². The molecule has 0 heterocycles. The highest BCUT2D eigenvalue weighted by Gasteiger charge is 2.20. The molecule has 3 N–H and O–H groups in total. The molecular formula is C19H19ClN2O5. The third kappa shape index (κ3) is 5.72. The third-order valence-corrected chi connectivity index (χ3v) is 3.96. The molecule has 142 valence electrons. The van der Waals surface area contributed by atoms with Gasteiger partial charge in [0, 0.05) is 18.9 Å². The molecule has 2 aromatic carbocycles. The van der Waals surface area contributed by atoms with Crippen LogP contribution < -0.4 is 20.5 Å². The van der Waals surface area contributed by atoms with E-state index < -0.39 is 23.8 Å². The minimum atomic E-state index is -0.945. The number of hydrogen-bond donors (Lipinski definition) is 2. The first-order valence-corrected chi connectivity index (χ1v) is 8.39. The predicted molar refractivity (Wildman–Crippen MR) is 99.9 cm³/mol. The van der Waals surface area contributed by atoms with Crippen molar-refractivity contribution in [3.63, 3.8) is 0 Å². The monoisotopic (exact) mass is 390 g/mol. The summed E-state index contributed by atoms with van der Waals surface area (Å²) >= 11 is 6.08. The number of methoxy groups -OCH3 is 1. The summed E-state index contributed by atoms with van der Waals surface area (Å²) in [4.78, 5) is 35.3. The van der Waals surface area contributed by atoms with Gasteiger partial charge in [0.05, 0.1) is 12.1 Å². The SMILES string of the molecule is COc1ccc(C[C@@H](NC(=O)c2cccc(OC(C)=O)c2)C(N)=O)cc1Cl. The van der Waals surface area contributed by atoms with Crippen molar-refractivity contribution in [1.82, 2.24) is 5.32 Å². The van der Waals surface area contributed by atoms with Crippen LogP contribution in [0.15, 0.2) is 42.5 Å². The highest BCUT2D eigenvalue weighted by atomic mass is 35.5. The Morgan fingerprint density at radius 2 is 1.93 bits per heavy atom. The number of benzene rings is 2. The predicted octanol–water partition coefficient (Wildman–Crippen LogP) is 2.10. The van der Waals surface area contributed by atoms with Crippen molar-refractivity contribution < 1.29 is 23.9 Å². The normalized spacial score (nSPS) is 11.4. The van der Waals surface area contributed by atoms with E-state index in [2.05, 4.69) is 5.32 Å². The van der Waals surface area contributed by atoms with Gasteiger partial charge in [-0.15, -0.1) is 0 Å². The molecule has 0 saturated carbocycles. The van der Waals surface area contributed by atoms with Gasteiger partial charge in [0.25, 0.3) is 5.91 Å². The summed E-state index contributed by atoms with van der Waals surface area (Å²) < 4.78 is 10.0. The molecule has 0 fully saturated rings. The average Bonchev–Trinajstić information content (AvgIpc) is 2.60. The average molecular weight is 391 g/mol. The second-order valence-electron chi connectivity index (χ2n) is 5.72. The van der Waals surface area contributed by atoms with Crippen LogP contribution in [0, 0.1) is 0 Å². The first kappa shape index (κ1) is 20.3. The van der Waals surface area contributed by atoms with E-state index in [0.29, 0.717) is 16.3 Å². The molecule has 0 radical (unpaired) electrons. The van der Waals surface area contributed by atoms with Crippen LogP contribution in [-0.2, 0) is 16.0 Å². The van der Waals surface area contributed by atoms with Gasteiger partial charge < -0.3 is 20.5 Å². The summed E-state index contributed by atoms with van der Waals surface area (Å²) in [6.07, 6.45) is 0.161. The number of carbonyl (C=O) groups excluding carboxylic acids is 3. The molecule has 0 aromatic heterocycles. The molecule has 2 aromatic rings. The molecule has 8 heteroatoms. The molecule has 0 spiro atoms. The van der Waals surface area contributed by atoms with Crippen molar-refractivity contribution in [2.45, 2.75) is 19.4 Å². The van der Waals surface area contributed by atoms with E-state index in [1.807, 2.05) is 0 Å². The second kappa shape index (κ2) is 9.05. The largest absolute Gasteiger partial charge is 0.495 e. The molecule has 2 amide bonds. The number of rotatable bonds is 7. The van der Waals surface area contributed by atoms with Crippen LogP contribution in [0.25, 0.3) is 0 Å². The lowest BCUT2D eigenvalue weighted by molar-refractivity contribution is -0.131. The van der Waals surface area contributed by atoms with E-state index in [0.717, 1.165) is 0 Å². The zero-order valence-electron chi connectivity index (χ0n) is 14.8. The first-order chi connectivity index (χ1) is 12.8. The van der Waals surface area contributed by atoms with Gasteiger partial charge in [-0.1, -0.05) is 23.7 Å². The summed E-state index contributed by atoms with van der Waals surface area (Å²) in [5, 5.41) is 2.97. The lowest BCUT2D eigenvalue weighted by Crippen LogP contribution is -2.45. The van der Waals surface area contributed by atoms with Crippen LogP contribution >= 0.6 is 11.6 Å². The number of nitrogens with two attached hydrogens (primary N) is 1. The topological polar surface area (TPSA) is 108 Å². The van der Waals surface area contributed by atoms with Crippen molar-refractivity contribution >= 4 is 29.4 Å². The molecule has 0 saturated heterocycles. The standard InChI is InChI=1S/C19H19ClN2O5/c1-11(23)27-14-5-3-4-13(10-14)19(25)22-16(18(21)24)9-12-6-7-17(26-2)15(20)8-12/h3-8,10,16H,9H2,1-2H3,(H2,21,24)(H,22,25)/t16-/m1/s1. The summed E-state index contributed by atoms with van der Waals surface area (Å²) in [5.74, 6) is -0.979. The summed E-state index contributed by atoms with van der Waals surface area (Å²) in [7, 11) is 1.50. The summed E-state index contributed by atoms with van der Waals surface area (Å²) in [5.41, 5.74) is 6.36. The fourth-order valence-electron chi connectivity index (χ4n) is 2.40. The molecule has 0 aliphatic carbocycles. The van der Waals surface area contributed by atoms with Crippen LogP contribution in [0.5, 0.6) is 11.5 Å². The van der Waals surface area contributed by atoms with Crippen molar-refractivity contribution in [2.24, 2.45) is 5.73 Å². The second-order valence-corrected chi connectivity index (χ2v) is 6.13. The van der Waals surface area contributed by atoms with Gasteiger partial charge in [-0.25, -0.2) is 0 Å². The number of primary amides is 1. The number of hydrogen-bond acceptors (Lipinski definition) is 5. The molecule has 2 rings (SSSR count). The van der Waals surface area contributed by atoms with Crippen LogP contribution in [0.1, 0.15) is 22.8 Å². The van der Waals surface area contributed by atoms with Crippen molar-refractivity contribution in [2.75, 3.05) is 7.11 Å². The van der Waals surface area contributed by atoms with E-state index in [4.69, 9.17) is 26.8 Å². The molecule has 7 nitrogen and oxygen atoms in total. The van der Waals surface area contributed by atoms with Crippen molar-refractivity contribution in [1.29, 1.82) is 0 Å². The maximum absolute atomic E-state index is 12.4. The molecule has 27 heavy (non-hydrogen) atoms. The Morgan fingerprint density at radius 3 is 2.52 bits per heavy atom. The molecule has 0 unspecified atom stereocenters. The van der Waals surface area contributed by atoms with E-state index in [1.54, 1.807) is 30.3 Å². The fraction of sp³-hybridized carbons (Fsp3) is 0.211. The van der Waals surface area contributed by atoms with Gasteiger partial charge in [0.2, 0.25) is 5.91 Å². The van der Waals surface area contributed by atoms with Crippen LogP contribution in [0.2, 0.25) is 5.02 Å². The minimum Gasteiger partial charge on any atom is -0.495 e. The molecular weight excluding hydrogens is 372 g/mol. The van der Waals surface area contributed by atoms with E-state index >= 15 is 0 Å². The van der Waals surface area contributed by atoms with Gasteiger partial charge in [-0.05, 0) is 35.9 Å². The van der Waals surface area contributed by atoms with Gasteiger partial charge in [-0.2, -0.15) is 0 Å². The number of halogens is 1. The lowest BCUT2D eigenvalue weighted by atomic mass is 10.0. The van der Waals surface area contributed by atoms with Crippen LogP contribution in [0.4, 0.5) is 0 Å². The number of amides is 2. The Bertz CT molecular complexity index is 869. The lowest BCUT2D eigenvalue weighted by Gasteiger charge is -2.16. The van der Waals surface area contributed by atoms with Gasteiger partial charge >= 0.3 is 5.97 Å². The number of ether oxygens (including phenoxy) is 2. The van der Waals surface area contributed by atoms with Gasteiger partial charge in [-0.3, -0.25) is 14.4 Å². The Kier molecular flexibility index (Phi) is 6.79. The van der Waals surface area contributed by atoms with Crippen LogP contribution in [0.3, 0.4) is 0 Å². The molecule has 0 aliphatic heterocycles. The Morgan fingerprint density at radius 1 is 1.19 bits per heavy atom. The number of carbonyl (C=O) groups is 3. The highest BCUT2D eigenvalue weighted by molar-refractivity contribution is 6.32. The minimum absolute atomic E-state index is 0.161. The smallest absolute Gasteiger partial charge is 0.308 e. The Labute approximate surface area is 161 Å². The zero-order valence-corrected chi connectivity index (χ0v) is 15.6. The van der Waals surface area contributed by atoms with Gasteiger partial charge in [0.15, 0.2) is 0 Å². The third-order valence-electron chi connectivity index (χ3n) is 3.66. The quantitative estimate of drug-likeness (QED) is 0.556. The first-order valence-electron chi connectivity index (χ1n) is 8.01. The maximum atomic E-state index is 12.4. The van der Waals surface area contributed by atoms with Crippen molar-refractivity contribution in [3.8, 4) is 11.5 Å². The molecule has 0 bridgehead atoms. The van der Waals surface area contributed by atoms with Gasteiger partial charge in [0.1, 0.15) is 17.5 Å². The number of esters is 1. The fourth-order valence-corrected chi connectivity index (χ4v) is 2.68. The molecule has 0 aliphatic rings. The number of nitrogens with one attached hydrogen (secondary N) is 1. The molecule has 1 atom stereocenters. The van der Waals surface area contributed by atoms with E-state index in [-0.39, 0.29) is 17.7 Å². The Balaban J connectivity index is 2.14. The van der Waals surface area contributed by atoms with Crippen LogP contribution in [-0.4, -0.2) is 30.9 Å². The zero-order chi connectivity index (χ0) is 20.0. The summed E-state index contributed by atoms with van der Waals surface area (Å²) in [6, 6.07) is 10.1. The highest BCUT2D eigenvalue weighted by Crippen LogP contribution is 2.25.